The molecule has 180 valence electrons. The number of para-hydroxylation sites is 2. The van der Waals surface area contributed by atoms with Gasteiger partial charge in [0.1, 0.15) is 23.3 Å². The zero-order valence-electron chi connectivity index (χ0n) is 18.5. The Labute approximate surface area is 210 Å². The molecule has 1 aliphatic rings. The number of hydrogen-bond donors (Lipinski definition) is 4. The van der Waals surface area contributed by atoms with Crippen LogP contribution in [0.2, 0.25) is 0 Å². The first kappa shape index (κ1) is 23.1. The Morgan fingerprint density at radius 2 is 1.64 bits per heavy atom. The number of phenols is 1. The van der Waals surface area contributed by atoms with Gasteiger partial charge in [-0.3, -0.25) is 4.98 Å². The highest BCUT2D eigenvalue weighted by atomic mass is 32.1. The number of carboxylic acids is 2. The van der Waals surface area contributed by atoms with Crippen molar-refractivity contribution in [1.82, 2.24) is 10.3 Å². The van der Waals surface area contributed by atoms with Crippen LogP contribution >= 0.6 is 12.2 Å². The molecule has 0 amide bonds. The average molecular weight is 502 g/mol. The topological polar surface area (TPSA) is 136 Å². The van der Waals surface area contributed by atoms with Crippen molar-refractivity contribution >= 4 is 35.0 Å². The molecule has 10 heteroatoms. The average Bonchev–Trinajstić information content (AvgIpc) is 3.49. The second kappa shape index (κ2) is 9.16. The number of furan rings is 1. The summed E-state index contributed by atoms with van der Waals surface area (Å²) in [6.45, 7) is 0. The van der Waals surface area contributed by atoms with Crippen LogP contribution in [0.3, 0.4) is 0 Å². The fourth-order valence-electron chi connectivity index (χ4n) is 4.25. The third kappa shape index (κ3) is 4.14. The third-order valence-corrected chi connectivity index (χ3v) is 6.18. The van der Waals surface area contributed by atoms with E-state index in [9.17, 15) is 24.9 Å². The Morgan fingerprint density at radius 3 is 2.28 bits per heavy atom. The van der Waals surface area contributed by atoms with Crippen LogP contribution in [0, 0.1) is 0 Å². The van der Waals surface area contributed by atoms with E-state index in [1.807, 2.05) is 12.1 Å². The summed E-state index contributed by atoms with van der Waals surface area (Å²) in [4.78, 5) is 29.3. The minimum Gasteiger partial charge on any atom is -0.506 e. The number of thiocarbonyl (C=S) groups is 1. The summed E-state index contributed by atoms with van der Waals surface area (Å²) in [5, 5.41) is 33.1. The Morgan fingerprint density at radius 1 is 0.944 bits per heavy atom. The highest BCUT2D eigenvalue weighted by Crippen LogP contribution is 2.45. The van der Waals surface area contributed by atoms with Crippen molar-refractivity contribution in [3.05, 3.63) is 102 Å². The van der Waals surface area contributed by atoms with Gasteiger partial charge in [0.2, 0.25) is 0 Å². The zero-order valence-corrected chi connectivity index (χ0v) is 19.3. The Balaban J connectivity index is 1.63. The molecule has 0 saturated carbocycles. The number of carbonyl (C=O) groups is 2. The number of rotatable bonds is 6. The number of nitrogens with one attached hydrogen (secondary N) is 1. The fourth-order valence-corrected chi connectivity index (χ4v) is 4.59. The number of phenolic OH excluding ortho intramolecular Hbond substituents is 1. The van der Waals surface area contributed by atoms with Crippen molar-refractivity contribution in [2.24, 2.45) is 0 Å². The Bertz CT molecular complexity index is 1450. The summed E-state index contributed by atoms with van der Waals surface area (Å²) in [6, 6.07) is 18.4. The summed E-state index contributed by atoms with van der Waals surface area (Å²) >= 11 is 5.63. The lowest BCUT2D eigenvalue weighted by Gasteiger charge is -2.26. The van der Waals surface area contributed by atoms with E-state index in [1.165, 1.54) is 12.1 Å². The largest absolute Gasteiger partial charge is 0.506 e. The van der Waals surface area contributed by atoms with Crippen molar-refractivity contribution in [3.8, 4) is 17.1 Å². The molecule has 9 nitrogen and oxygen atoms in total. The maximum Gasteiger partial charge on any atom is 0.335 e. The first-order valence-corrected chi connectivity index (χ1v) is 11.2. The normalized spacial score (nSPS) is 17.1. The molecule has 0 radical (unpaired) electrons. The van der Waals surface area contributed by atoms with Crippen LogP contribution in [-0.2, 0) is 0 Å². The van der Waals surface area contributed by atoms with Crippen molar-refractivity contribution in [2.45, 2.75) is 12.1 Å². The quantitative estimate of drug-likeness (QED) is 0.277. The summed E-state index contributed by atoms with van der Waals surface area (Å²) in [5.41, 5.74) is 1.12. The van der Waals surface area contributed by atoms with E-state index >= 15 is 0 Å². The van der Waals surface area contributed by atoms with Gasteiger partial charge in [-0.05, 0) is 66.8 Å². The van der Waals surface area contributed by atoms with Crippen LogP contribution in [0.1, 0.15) is 44.3 Å². The second-order valence-electron chi connectivity index (χ2n) is 8.10. The van der Waals surface area contributed by atoms with Gasteiger partial charge in [-0.1, -0.05) is 18.2 Å². The zero-order chi connectivity index (χ0) is 25.4. The Hall–Kier alpha value is -4.70. The molecule has 0 spiro atoms. The van der Waals surface area contributed by atoms with Gasteiger partial charge in [-0.2, -0.15) is 0 Å². The number of hydrogen-bond acceptors (Lipinski definition) is 6. The van der Waals surface area contributed by atoms with Gasteiger partial charge in [-0.15, -0.1) is 0 Å². The number of pyridine rings is 1. The lowest BCUT2D eigenvalue weighted by molar-refractivity contribution is 0.0696. The SMILES string of the molecule is O=C(O)c1cc(C(=O)O)cc(-c2ccc([C@H]3[C@H](c4ccccn4)NC(=S)N3c3ccccc3O)o2)c1. The predicted octanol–water partition coefficient (Wildman–Crippen LogP) is 4.62. The molecule has 1 fully saturated rings. The van der Waals surface area contributed by atoms with Crippen LogP contribution in [0.5, 0.6) is 5.75 Å². The molecule has 36 heavy (non-hydrogen) atoms. The molecular formula is C26H19N3O6S. The van der Waals surface area contributed by atoms with Gasteiger partial charge in [0.15, 0.2) is 5.11 Å². The van der Waals surface area contributed by atoms with E-state index in [4.69, 9.17) is 16.6 Å². The highest BCUT2D eigenvalue weighted by Gasteiger charge is 2.43. The molecule has 4 aromatic rings. The number of benzene rings is 2. The molecular weight excluding hydrogens is 482 g/mol. The maximum absolute atomic E-state index is 11.6. The lowest BCUT2D eigenvalue weighted by Crippen LogP contribution is -2.29. The molecule has 3 heterocycles. The van der Waals surface area contributed by atoms with Gasteiger partial charge in [0.05, 0.1) is 28.6 Å². The summed E-state index contributed by atoms with van der Waals surface area (Å²) < 4.78 is 6.18. The first-order chi connectivity index (χ1) is 17.3. The minimum absolute atomic E-state index is 0.0281. The molecule has 0 bridgehead atoms. The number of anilines is 1. The molecule has 5 rings (SSSR count). The van der Waals surface area contributed by atoms with Crippen molar-refractivity contribution in [3.63, 3.8) is 0 Å². The molecule has 1 saturated heterocycles. The van der Waals surface area contributed by atoms with Gasteiger partial charge in [0.25, 0.3) is 0 Å². The van der Waals surface area contributed by atoms with E-state index in [-0.39, 0.29) is 22.6 Å². The Kier molecular flexibility index (Phi) is 5.87. The van der Waals surface area contributed by atoms with Gasteiger partial charge in [-0.25, -0.2) is 9.59 Å². The predicted molar refractivity (Wildman–Crippen MR) is 134 cm³/mol. The molecule has 4 N–H and O–H groups in total. The molecule has 1 aliphatic heterocycles. The highest BCUT2D eigenvalue weighted by molar-refractivity contribution is 7.80. The molecule has 2 aromatic carbocycles. The van der Waals surface area contributed by atoms with Gasteiger partial charge in [0, 0.05) is 11.8 Å². The summed E-state index contributed by atoms with van der Waals surface area (Å²) in [7, 11) is 0. The van der Waals surface area contributed by atoms with E-state index < -0.39 is 24.0 Å². The fraction of sp³-hybridized carbons (Fsp3) is 0.0769. The van der Waals surface area contributed by atoms with Crippen LogP contribution < -0.4 is 10.2 Å². The minimum atomic E-state index is -1.25. The number of aromatic carboxylic acids is 2. The van der Waals surface area contributed by atoms with Crippen molar-refractivity contribution in [1.29, 1.82) is 0 Å². The summed E-state index contributed by atoms with van der Waals surface area (Å²) in [5.74, 6) is -1.74. The molecule has 2 atom stereocenters. The smallest absolute Gasteiger partial charge is 0.335 e. The lowest BCUT2D eigenvalue weighted by atomic mass is 10.0. The van der Waals surface area contributed by atoms with E-state index in [0.29, 0.717) is 27.8 Å². The van der Waals surface area contributed by atoms with Gasteiger partial charge < -0.3 is 30.0 Å². The van der Waals surface area contributed by atoms with Crippen LogP contribution in [0.25, 0.3) is 11.3 Å². The number of aromatic hydroxyl groups is 1. The van der Waals surface area contributed by atoms with Crippen LogP contribution in [-0.4, -0.2) is 37.4 Å². The molecule has 0 aliphatic carbocycles. The first-order valence-electron chi connectivity index (χ1n) is 10.8. The van der Waals surface area contributed by atoms with Gasteiger partial charge >= 0.3 is 11.9 Å². The van der Waals surface area contributed by atoms with Crippen LogP contribution in [0.4, 0.5) is 5.69 Å². The molecule has 2 aromatic heterocycles. The number of aromatic nitrogens is 1. The third-order valence-electron chi connectivity index (χ3n) is 5.87. The van der Waals surface area contributed by atoms with E-state index in [0.717, 1.165) is 6.07 Å². The number of nitrogens with zero attached hydrogens (tertiary/aromatic N) is 2. The summed E-state index contributed by atoms with van der Waals surface area (Å²) in [6.07, 6.45) is 1.66. The monoisotopic (exact) mass is 501 g/mol. The number of carboxylic acid groups (broad SMARTS) is 2. The molecule has 0 unspecified atom stereocenters. The van der Waals surface area contributed by atoms with Crippen LogP contribution in [0.15, 0.2) is 83.4 Å². The van der Waals surface area contributed by atoms with Crippen molar-refractivity contribution < 1.29 is 29.3 Å². The van der Waals surface area contributed by atoms with E-state index in [2.05, 4.69) is 10.3 Å². The van der Waals surface area contributed by atoms with Crippen molar-refractivity contribution in [2.75, 3.05) is 4.90 Å². The standard InChI is InChI=1S/C26H19N3O6S/c30-19-7-2-1-6-18(19)29-23(22(28-26(29)36)17-5-3-4-10-27-17)21-9-8-20(35-21)14-11-15(24(31)32)13-16(12-14)25(33)34/h1-13,22-23,30H,(H,28,36)(H,31,32)(H,33,34)/t22-,23-/m0/s1. The van der Waals surface area contributed by atoms with E-state index in [1.54, 1.807) is 53.6 Å². The second-order valence-corrected chi connectivity index (χ2v) is 8.48. The maximum atomic E-state index is 11.6.